The summed E-state index contributed by atoms with van der Waals surface area (Å²) >= 11 is 3.53. The van der Waals surface area contributed by atoms with Gasteiger partial charge in [0.25, 0.3) is 0 Å². The maximum absolute atomic E-state index is 12.6. The van der Waals surface area contributed by atoms with Crippen LogP contribution in [0.2, 0.25) is 0 Å². The van der Waals surface area contributed by atoms with Crippen molar-refractivity contribution >= 4 is 33.6 Å². The number of nitrogens with zero attached hydrogens (tertiary/aromatic N) is 1. The summed E-state index contributed by atoms with van der Waals surface area (Å²) in [6, 6.07) is 4.26. The minimum absolute atomic E-state index is 0.219. The van der Waals surface area contributed by atoms with Crippen LogP contribution >= 0.6 is 15.9 Å². The molecule has 0 radical (unpaired) electrons. The van der Waals surface area contributed by atoms with E-state index in [1.54, 1.807) is 6.07 Å². The van der Waals surface area contributed by atoms with Gasteiger partial charge in [-0.2, -0.15) is 0 Å². The zero-order valence-corrected chi connectivity index (χ0v) is 22.0. The van der Waals surface area contributed by atoms with Crippen LogP contribution in [-0.4, -0.2) is 42.6 Å². The summed E-state index contributed by atoms with van der Waals surface area (Å²) in [5, 5.41) is 0. The Kier molecular flexibility index (Phi) is 12.8. The predicted octanol–water partition coefficient (Wildman–Crippen LogP) is 6.25. The molecule has 1 aliphatic rings. The highest BCUT2D eigenvalue weighted by Crippen LogP contribution is 2.30. The molecule has 2 rings (SSSR count). The van der Waals surface area contributed by atoms with E-state index in [2.05, 4.69) is 27.8 Å². The summed E-state index contributed by atoms with van der Waals surface area (Å²) in [5.74, 6) is -0.511. The molecule has 2 N–H and O–H groups in total. The molecular weight excluding hydrogens is 484 g/mol. The van der Waals surface area contributed by atoms with Crippen molar-refractivity contribution in [2.24, 2.45) is 0 Å². The number of esters is 2. The molecule has 1 aromatic carbocycles. The monoisotopic (exact) mass is 524 g/mol. The normalized spacial score (nSPS) is 14.4. The predicted molar refractivity (Wildman–Crippen MR) is 136 cm³/mol. The lowest BCUT2D eigenvalue weighted by molar-refractivity contribution is -0.141. The summed E-state index contributed by atoms with van der Waals surface area (Å²) < 4.78 is 11.2. The molecule has 0 bridgehead atoms. The van der Waals surface area contributed by atoms with E-state index < -0.39 is 0 Å². The van der Waals surface area contributed by atoms with Crippen LogP contribution in [0.3, 0.4) is 0 Å². The van der Waals surface area contributed by atoms with Crippen molar-refractivity contribution in [2.75, 3.05) is 25.5 Å². The van der Waals surface area contributed by atoms with Crippen molar-refractivity contribution in [1.29, 1.82) is 0 Å². The Balaban J connectivity index is 1.77. The highest BCUT2D eigenvalue weighted by atomic mass is 79.9. The van der Waals surface area contributed by atoms with Gasteiger partial charge < -0.3 is 15.2 Å². The topological polar surface area (TPSA) is 81.9 Å². The second kappa shape index (κ2) is 15.3. The smallest absolute Gasteiger partial charge is 0.338 e. The van der Waals surface area contributed by atoms with E-state index in [1.807, 2.05) is 6.07 Å². The molecule has 0 atom stereocenters. The lowest BCUT2D eigenvalue weighted by Crippen LogP contribution is -2.36. The zero-order chi connectivity index (χ0) is 24.1. The molecule has 1 aliphatic carbocycles. The van der Waals surface area contributed by atoms with Gasteiger partial charge in [0, 0.05) is 24.0 Å². The van der Waals surface area contributed by atoms with Gasteiger partial charge in [0.2, 0.25) is 0 Å². The minimum atomic E-state index is -0.293. The molecule has 33 heavy (non-hydrogen) atoms. The van der Waals surface area contributed by atoms with Crippen molar-refractivity contribution in [3.63, 3.8) is 0 Å². The second-order valence-electron chi connectivity index (χ2n) is 8.98. The van der Waals surface area contributed by atoms with Crippen LogP contribution in [0.25, 0.3) is 0 Å². The Morgan fingerprint density at radius 1 is 1.00 bits per heavy atom. The molecule has 1 fully saturated rings. The maximum Gasteiger partial charge on any atom is 0.338 e. The molecule has 1 aromatic rings. The number of nitrogen functional groups attached to an aromatic ring is 1. The number of hydrogen-bond acceptors (Lipinski definition) is 6. The molecule has 0 heterocycles. The average Bonchev–Trinajstić information content (AvgIpc) is 2.81. The van der Waals surface area contributed by atoms with Gasteiger partial charge in [-0.3, -0.25) is 9.69 Å². The SMILES string of the molecule is CCN(Cc1cc(C(=O)OCCCCCCCCOC(C)=O)cc(Br)c1N)C1CCCCC1. The fraction of sp³-hybridized carbons (Fsp3) is 0.692. The first-order valence-electron chi connectivity index (χ1n) is 12.5. The van der Waals surface area contributed by atoms with Crippen molar-refractivity contribution in [2.45, 2.75) is 97.1 Å². The average molecular weight is 526 g/mol. The van der Waals surface area contributed by atoms with E-state index >= 15 is 0 Å². The van der Waals surface area contributed by atoms with Crippen LogP contribution < -0.4 is 5.73 Å². The number of anilines is 1. The lowest BCUT2D eigenvalue weighted by atomic mass is 9.93. The van der Waals surface area contributed by atoms with Crippen LogP contribution in [0.1, 0.15) is 100 Å². The van der Waals surface area contributed by atoms with Crippen LogP contribution in [0.4, 0.5) is 5.69 Å². The fourth-order valence-corrected chi connectivity index (χ4v) is 4.96. The van der Waals surface area contributed by atoms with Gasteiger partial charge >= 0.3 is 11.9 Å². The van der Waals surface area contributed by atoms with Crippen LogP contribution in [0.5, 0.6) is 0 Å². The first-order chi connectivity index (χ1) is 15.9. The second-order valence-corrected chi connectivity index (χ2v) is 9.84. The number of carbonyl (C=O) groups is 2. The highest BCUT2D eigenvalue weighted by molar-refractivity contribution is 9.10. The molecule has 0 aliphatic heterocycles. The number of benzene rings is 1. The highest BCUT2D eigenvalue weighted by Gasteiger charge is 2.22. The van der Waals surface area contributed by atoms with E-state index in [0.717, 1.165) is 61.7 Å². The van der Waals surface area contributed by atoms with Gasteiger partial charge in [-0.25, -0.2) is 4.79 Å². The third-order valence-corrected chi connectivity index (χ3v) is 7.05. The third-order valence-electron chi connectivity index (χ3n) is 6.40. The lowest BCUT2D eigenvalue weighted by Gasteiger charge is -2.34. The van der Waals surface area contributed by atoms with E-state index in [9.17, 15) is 9.59 Å². The van der Waals surface area contributed by atoms with Gasteiger partial charge in [-0.1, -0.05) is 51.9 Å². The minimum Gasteiger partial charge on any atom is -0.466 e. The molecule has 0 spiro atoms. The first-order valence-corrected chi connectivity index (χ1v) is 13.3. The largest absolute Gasteiger partial charge is 0.466 e. The summed E-state index contributed by atoms with van der Waals surface area (Å²) in [5.41, 5.74) is 8.59. The Bertz CT molecular complexity index is 750. The summed E-state index contributed by atoms with van der Waals surface area (Å²) in [6.45, 7) is 6.28. The number of ether oxygens (including phenoxy) is 2. The standard InChI is InChI=1S/C26H41BrN2O4/c1-3-29(23-13-9-8-10-14-23)19-22-17-21(18-24(27)25(22)28)26(31)33-16-12-7-5-4-6-11-15-32-20(2)30/h17-18,23H,3-16,19,28H2,1-2H3. The summed E-state index contributed by atoms with van der Waals surface area (Å²) in [6.07, 6.45) is 12.4. The first kappa shape index (κ1) is 27.6. The molecule has 186 valence electrons. The van der Waals surface area contributed by atoms with E-state index in [1.165, 1.54) is 39.0 Å². The van der Waals surface area contributed by atoms with Crippen molar-refractivity contribution in [3.8, 4) is 0 Å². The summed E-state index contributed by atoms with van der Waals surface area (Å²) in [4.78, 5) is 25.8. The molecule has 0 amide bonds. The van der Waals surface area contributed by atoms with Gasteiger partial charge in [-0.15, -0.1) is 0 Å². The molecule has 0 aromatic heterocycles. The fourth-order valence-electron chi connectivity index (χ4n) is 4.46. The Morgan fingerprint density at radius 3 is 2.21 bits per heavy atom. The van der Waals surface area contributed by atoms with Crippen molar-refractivity contribution < 1.29 is 19.1 Å². The molecule has 7 heteroatoms. The molecule has 0 saturated heterocycles. The van der Waals surface area contributed by atoms with Gasteiger partial charge in [0.15, 0.2) is 0 Å². The third kappa shape index (κ3) is 10.0. The van der Waals surface area contributed by atoms with Crippen molar-refractivity contribution in [3.05, 3.63) is 27.7 Å². The van der Waals surface area contributed by atoms with Gasteiger partial charge in [0.1, 0.15) is 0 Å². The molecular formula is C26H41BrN2O4. The number of halogens is 1. The van der Waals surface area contributed by atoms with Gasteiger partial charge in [0.05, 0.1) is 24.5 Å². The van der Waals surface area contributed by atoms with Crippen LogP contribution in [0, 0.1) is 0 Å². The summed E-state index contributed by atoms with van der Waals surface area (Å²) in [7, 11) is 0. The number of hydrogen-bond donors (Lipinski definition) is 1. The van der Waals surface area contributed by atoms with E-state index in [4.69, 9.17) is 15.2 Å². The van der Waals surface area contributed by atoms with Gasteiger partial charge in [-0.05, 0) is 65.9 Å². The Labute approximate surface area is 207 Å². The Morgan fingerprint density at radius 2 is 1.61 bits per heavy atom. The Hall–Kier alpha value is -1.60. The number of carbonyl (C=O) groups excluding carboxylic acids is 2. The number of rotatable bonds is 14. The van der Waals surface area contributed by atoms with Crippen LogP contribution in [-0.2, 0) is 20.8 Å². The van der Waals surface area contributed by atoms with E-state index in [-0.39, 0.29) is 11.9 Å². The quantitative estimate of drug-likeness (QED) is 0.176. The van der Waals surface area contributed by atoms with Crippen LogP contribution in [0.15, 0.2) is 16.6 Å². The molecule has 1 saturated carbocycles. The zero-order valence-electron chi connectivity index (χ0n) is 20.4. The maximum atomic E-state index is 12.6. The molecule has 6 nitrogen and oxygen atoms in total. The molecule has 0 unspecified atom stereocenters. The number of unbranched alkanes of at least 4 members (excludes halogenated alkanes) is 5. The number of nitrogens with two attached hydrogens (primary N) is 1. The van der Waals surface area contributed by atoms with Crippen molar-refractivity contribution in [1.82, 2.24) is 4.90 Å². The van der Waals surface area contributed by atoms with E-state index in [0.29, 0.717) is 30.5 Å².